The maximum absolute atomic E-state index is 11.5. The number of nitrogens with zero attached hydrogens (tertiary/aromatic N) is 1. The van der Waals surface area contributed by atoms with Gasteiger partial charge in [-0.25, -0.2) is 0 Å². The lowest BCUT2D eigenvalue weighted by molar-refractivity contribution is -0.148. The van der Waals surface area contributed by atoms with E-state index < -0.39 is 0 Å². The highest BCUT2D eigenvalue weighted by Gasteiger charge is 2.29. The maximum atomic E-state index is 11.5. The molecule has 0 saturated carbocycles. The van der Waals surface area contributed by atoms with Crippen molar-refractivity contribution >= 4 is 5.97 Å². The highest BCUT2D eigenvalue weighted by atomic mass is 16.5. The summed E-state index contributed by atoms with van der Waals surface area (Å²) in [5.41, 5.74) is 0.268. The van der Waals surface area contributed by atoms with Gasteiger partial charge in [0.05, 0.1) is 12.5 Å². The number of ether oxygens (including phenoxy) is 1. The highest BCUT2D eigenvalue weighted by Crippen LogP contribution is 2.21. The molecule has 0 spiro atoms. The van der Waals surface area contributed by atoms with Gasteiger partial charge in [0.1, 0.15) is 0 Å². The van der Waals surface area contributed by atoms with Crippen LogP contribution in [0.5, 0.6) is 0 Å². The number of hydrogen-bond acceptors (Lipinski definition) is 4. The van der Waals surface area contributed by atoms with E-state index in [1.54, 1.807) is 0 Å². The average molecular weight is 242 g/mol. The molecule has 1 aliphatic rings. The zero-order valence-corrected chi connectivity index (χ0v) is 11.6. The molecule has 1 unspecified atom stereocenters. The van der Waals surface area contributed by atoms with E-state index in [1.807, 2.05) is 20.9 Å². The third-order valence-electron chi connectivity index (χ3n) is 3.78. The lowest BCUT2D eigenvalue weighted by Crippen LogP contribution is -2.51. The molecule has 1 heterocycles. The molecule has 4 nitrogen and oxygen atoms in total. The van der Waals surface area contributed by atoms with Gasteiger partial charge in [0.2, 0.25) is 0 Å². The fraction of sp³-hybridized carbons (Fsp3) is 0.923. The molecule has 1 aliphatic heterocycles. The minimum Gasteiger partial charge on any atom is -0.466 e. The topological polar surface area (TPSA) is 41.6 Å². The Morgan fingerprint density at radius 1 is 1.47 bits per heavy atom. The predicted octanol–water partition coefficient (Wildman–Crippen LogP) is 1.26. The Balaban J connectivity index is 2.33. The molecule has 0 radical (unpaired) electrons. The Morgan fingerprint density at radius 2 is 2.06 bits per heavy atom. The minimum atomic E-state index is -0.0746. The Labute approximate surface area is 105 Å². The van der Waals surface area contributed by atoms with Crippen molar-refractivity contribution in [2.45, 2.75) is 39.2 Å². The van der Waals surface area contributed by atoms with Crippen LogP contribution in [-0.4, -0.2) is 49.7 Å². The molecule has 0 aromatic rings. The van der Waals surface area contributed by atoms with Crippen LogP contribution in [0.1, 0.15) is 33.6 Å². The van der Waals surface area contributed by atoms with E-state index in [-0.39, 0.29) is 17.4 Å². The van der Waals surface area contributed by atoms with Crippen LogP contribution >= 0.6 is 0 Å². The smallest absolute Gasteiger partial charge is 0.309 e. The second-order valence-corrected chi connectivity index (χ2v) is 5.26. The lowest BCUT2D eigenvalue weighted by Gasteiger charge is -2.39. The number of piperidine rings is 1. The van der Waals surface area contributed by atoms with E-state index in [0.29, 0.717) is 6.61 Å². The molecule has 1 fully saturated rings. The quantitative estimate of drug-likeness (QED) is 0.737. The molecular formula is C13H26N2O2. The average Bonchev–Trinajstić information content (AvgIpc) is 2.32. The van der Waals surface area contributed by atoms with Gasteiger partial charge in [0.25, 0.3) is 0 Å². The highest BCUT2D eigenvalue weighted by molar-refractivity contribution is 5.72. The Hall–Kier alpha value is -0.610. The van der Waals surface area contributed by atoms with Crippen LogP contribution < -0.4 is 5.32 Å². The van der Waals surface area contributed by atoms with Gasteiger partial charge in [-0.1, -0.05) is 6.92 Å². The summed E-state index contributed by atoms with van der Waals surface area (Å²) in [7, 11) is 2.02. The summed E-state index contributed by atoms with van der Waals surface area (Å²) in [6.45, 7) is 9.47. The van der Waals surface area contributed by atoms with Gasteiger partial charge in [-0.2, -0.15) is 0 Å². The Bertz CT molecular complexity index is 248. The van der Waals surface area contributed by atoms with Crippen LogP contribution in [0.25, 0.3) is 0 Å². The number of rotatable bonds is 5. The normalized spacial score (nSPS) is 22.1. The van der Waals surface area contributed by atoms with Gasteiger partial charge >= 0.3 is 5.97 Å². The summed E-state index contributed by atoms with van der Waals surface area (Å²) in [6, 6.07) is 0. The number of hydrogen-bond donors (Lipinski definition) is 1. The van der Waals surface area contributed by atoms with Gasteiger partial charge in [-0.05, 0) is 46.8 Å². The molecule has 4 heteroatoms. The van der Waals surface area contributed by atoms with E-state index in [9.17, 15) is 4.79 Å². The lowest BCUT2D eigenvalue weighted by atomic mass is 9.89. The first-order chi connectivity index (χ1) is 8.00. The molecule has 0 amide bonds. The molecule has 1 atom stereocenters. The Morgan fingerprint density at radius 3 is 2.53 bits per heavy atom. The van der Waals surface area contributed by atoms with E-state index in [1.165, 1.54) is 0 Å². The molecule has 1 N–H and O–H groups in total. The van der Waals surface area contributed by atoms with Gasteiger partial charge < -0.3 is 15.0 Å². The number of likely N-dealkylation sites (tertiary alicyclic amines) is 1. The largest absolute Gasteiger partial charge is 0.466 e. The van der Waals surface area contributed by atoms with E-state index in [0.717, 1.165) is 32.5 Å². The van der Waals surface area contributed by atoms with Crippen molar-refractivity contribution in [1.29, 1.82) is 0 Å². The molecule has 0 aromatic carbocycles. The minimum absolute atomic E-state index is 0.0195. The molecular weight excluding hydrogens is 216 g/mol. The van der Waals surface area contributed by atoms with Crippen LogP contribution in [-0.2, 0) is 9.53 Å². The van der Waals surface area contributed by atoms with Gasteiger partial charge in [0.15, 0.2) is 0 Å². The third kappa shape index (κ3) is 4.28. The number of carbonyl (C=O) groups is 1. The summed E-state index contributed by atoms with van der Waals surface area (Å²) >= 11 is 0. The summed E-state index contributed by atoms with van der Waals surface area (Å²) in [6.07, 6.45) is 2.28. The summed E-state index contributed by atoms with van der Waals surface area (Å²) in [5, 5.41) is 3.38. The molecule has 1 saturated heterocycles. The number of esters is 1. The SMILES string of the molecule is CCOC(=O)C(C)CN1CCC(C)(NC)CC1. The van der Waals surface area contributed by atoms with E-state index in [4.69, 9.17) is 4.74 Å². The fourth-order valence-electron chi connectivity index (χ4n) is 2.23. The van der Waals surface area contributed by atoms with Crippen molar-refractivity contribution < 1.29 is 9.53 Å². The zero-order valence-electron chi connectivity index (χ0n) is 11.6. The fourth-order valence-corrected chi connectivity index (χ4v) is 2.23. The number of carbonyl (C=O) groups excluding carboxylic acids is 1. The van der Waals surface area contributed by atoms with Crippen LogP contribution in [0, 0.1) is 5.92 Å². The van der Waals surface area contributed by atoms with Crippen LogP contribution in [0.3, 0.4) is 0 Å². The summed E-state index contributed by atoms with van der Waals surface area (Å²) < 4.78 is 5.03. The second kappa shape index (κ2) is 6.36. The molecule has 0 aliphatic carbocycles. The molecule has 0 bridgehead atoms. The second-order valence-electron chi connectivity index (χ2n) is 5.26. The van der Waals surface area contributed by atoms with Gasteiger partial charge in [-0.3, -0.25) is 4.79 Å². The van der Waals surface area contributed by atoms with Crippen molar-refractivity contribution in [3.63, 3.8) is 0 Å². The summed E-state index contributed by atoms with van der Waals surface area (Å²) in [4.78, 5) is 13.9. The third-order valence-corrected chi connectivity index (χ3v) is 3.78. The van der Waals surface area contributed by atoms with Crippen LogP contribution in [0.15, 0.2) is 0 Å². The summed E-state index contributed by atoms with van der Waals surface area (Å²) in [5.74, 6) is -0.0941. The zero-order chi connectivity index (χ0) is 12.9. The van der Waals surface area contributed by atoms with E-state index in [2.05, 4.69) is 17.1 Å². The van der Waals surface area contributed by atoms with Crippen LogP contribution in [0.2, 0.25) is 0 Å². The van der Waals surface area contributed by atoms with Crippen molar-refractivity contribution in [3.8, 4) is 0 Å². The van der Waals surface area contributed by atoms with Crippen molar-refractivity contribution in [1.82, 2.24) is 10.2 Å². The first kappa shape index (κ1) is 14.5. The Kier molecular flexibility index (Phi) is 5.40. The van der Waals surface area contributed by atoms with E-state index >= 15 is 0 Å². The number of nitrogens with one attached hydrogen (secondary N) is 1. The molecule has 17 heavy (non-hydrogen) atoms. The van der Waals surface area contributed by atoms with Gasteiger partial charge in [0, 0.05) is 12.1 Å². The molecule has 0 aromatic heterocycles. The standard InChI is InChI=1S/C13H26N2O2/c1-5-17-12(16)11(2)10-15-8-6-13(3,14-4)7-9-15/h11,14H,5-10H2,1-4H3. The van der Waals surface area contributed by atoms with Crippen molar-refractivity contribution in [2.75, 3.05) is 33.3 Å². The van der Waals surface area contributed by atoms with Crippen LogP contribution in [0.4, 0.5) is 0 Å². The molecule has 1 rings (SSSR count). The predicted molar refractivity (Wildman–Crippen MR) is 68.9 cm³/mol. The first-order valence-electron chi connectivity index (χ1n) is 6.58. The van der Waals surface area contributed by atoms with Gasteiger partial charge in [-0.15, -0.1) is 0 Å². The maximum Gasteiger partial charge on any atom is 0.309 e. The van der Waals surface area contributed by atoms with Crippen molar-refractivity contribution in [2.24, 2.45) is 5.92 Å². The van der Waals surface area contributed by atoms with Crippen molar-refractivity contribution in [3.05, 3.63) is 0 Å². The monoisotopic (exact) mass is 242 g/mol. The molecule has 100 valence electrons. The first-order valence-corrected chi connectivity index (χ1v) is 6.58.